The molecule has 7 nitrogen and oxygen atoms in total. The van der Waals surface area contributed by atoms with Crippen LogP contribution in [0.25, 0.3) is 10.9 Å². The summed E-state index contributed by atoms with van der Waals surface area (Å²) in [5.74, 6) is -0.0303. The zero-order valence-corrected chi connectivity index (χ0v) is 15.4. The lowest BCUT2D eigenvalue weighted by atomic mass is 10.2. The number of nitrogens with zero attached hydrogens (tertiary/aromatic N) is 4. The van der Waals surface area contributed by atoms with Crippen LogP contribution in [0.5, 0.6) is 0 Å². The van der Waals surface area contributed by atoms with E-state index in [1.165, 1.54) is 10.2 Å². The van der Waals surface area contributed by atoms with Crippen LogP contribution in [0.2, 0.25) is 0 Å². The molecule has 1 N–H and O–H groups in total. The number of pyridine rings is 1. The molecule has 27 heavy (non-hydrogen) atoms. The van der Waals surface area contributed by atoms with Crippen LogP contribution in [0.15, 0.2) is 47.4 Å². The number of carbonyl (C=O) groups is 1. The molecule has 1 fully saturated rings. The lowest BCUT2D eigenvalue weighted by molar-refractivity contribution is -0.133. The van der Waals surface area contributed by atoms with Gasteiger partial charge in [-0.15, -0.1) is 0 Å². The Labute approximate surface area is 157 Å². The van der Waals surface area contributed by atoms with Crippen molar-refractivity contribution in [2.24, 2.45) is 0 Å². The van der Waals surface area contributed by atoms with Crippen molar-refractivity contribution < 1.29 is 4.79 Å². The largest absolute Gasteiger partial charge is 0.339 e. The fourth-order valence-electron chi connectivity index (χ4n) is 3.51. The summed E-state index contributed by atoms with van der Waals surface area (Å²) in [6, 6.07) is 11.3. The highest BCUT2D eigenvalue weighted by Gasteiger charge is 2.22. The van der Waals surface area contributed by atoms with E-state index in [1.54, 1.807) is 6.07 Å². The van der Waals surface area contributed by atoms with Crippen LogP contribution in [-0.4, -0.2) is 56.7 Å². The number of carbonyl (C=O) groups excluding carboxylic acids is 1. The summed E-state index contributed by atoms with van der Waals surface area (Å²) in [6.45, 7) is 5.87. The van der Waals surface area contributed by atoms with Gasteiger partial charge in [-0.3, -0.25) is 24.6 Å². The van der Waals surface area contributed by atoms with E-state index in [0.29, 0.717) is 18.5 Å². The second-order valence-corrected chi connectivity index (χ2v) is 6.97. The summed E-state index contributed by atoms with van der Waals surface area (Å²) in [4.78, 5) is 33.6. The van der Waals surface area contributed by atoms with E-state index in [1.807, 2.05) is 35.4 Å². The number of fused-ring (bicyclic) bond motifs is 1. The third-order valence-electron chi connectivity index (χ3n) is 5.17. The number of aromatic nitrogens is 3. The number of aromatic amines is 1. The van der Waals surface area contributed by atoms with Crippen LogP contribution >= 0.6 is 0 Å². The van der Waals surface area contributed by atoms with Gasteiger partial charge < -0.3 is 4.90 Å². The third kappa shape index (κ3) is 3.64. The molecule has 4 rings (SSSR count). The summed E-state index contributed by atoms with van der Waals surface area (Å²) >= 11 is 0. The second kappa shape index (κ2) is 7.36. The highest BCUT2D eigenvalue weighted by molar-refractivity contribution is 5.79. The predicted octanol–water partition coefficient (Wildman–Crippen LogP) is 1.38. The molecule has 0 aliphatic carbocycles. The molecule has 140 valence electrons. The van der Waals surface area contributed by atoms with Gasteiger partial charge >= 0.3 is 0 Å². The van der Waals surface area contributed by atoms with Gasteiger partial charge in [0, 0.05) is 38.9 Å². The van der Waals surface area contributed by atoms with Gasteiger partial charge in [-0.2, -0.15) is 0 Å². The first-order valence-electron chi connectivity index (χ1n) is 9.20. The van der Waals surface area contributed by atoms with Crippen molar-refractivity contribution in [3.05, 3.63) is 64.2 Å². The number of H-pyrrole nitrogens is 1. The Bertz CT molecular complexity index is 1010. The molecule has 0 radical (unpaired) electrons. The highest BCUT2D eigenvalue weighted by Crippen LogP contribution is 2.11. The number of para-hydroxylation sites is 1. The Hall–Kier alpha value is -2.93. The smallest absolute Gasteiger partial charge is 0.274 e. The molecule has 0 atom stereocenters. The highest BCUT2D eigenvalue weighted by atomic mass is 16.2. The van der Waals surface area contributed by atoms with Gasteiger partial charge in [-0.1, -0.05) is 18.2 Å². The number of benzene rings is 1. The van der Waals surface area contributed by atoms with Crippen molar-refractivity contribution in [1.82, 2.24) is 24.6 Å². The van der Waals surface area contributed by atoms with Gasteiger partial charge in [0.1, 0.15) is 6.54 Å². The number of amides is 1. The summed E-state index contributed by atoms with van der Waals surface area (Å²) < 4.78 is 1.40. The van der Waals surface area contributed by atoms with Crippen LogP contribution in [0.4, 0.5) is 0 Å². The number of hydrogen-bond donors (Lipinski definition) is 1. The molecule has 3 heterocycles. The number of aryl methyl sites for hydroxylation is 1. The Morgan fingerprint density at radius 1 is 1.11 bits per heavy atom. The molecule has 1 aromatic carbocycles. The Balaban J connectivity index is 1.36. The zero-order chi connectivity index (χ0) is 18.8. The molecular weight excluding hydrogens is 342 g/mol. The standard InChI is InChI=1S/C20H23N5O2/c1-15-5-4-8-21-18(15)13-23-9-11-24(12-10-23)19(26)14-25-20(27)16-6-2-3-7-17(16)22-25/h2-8,22H,9-14H2,1H3. The maximum Gasteiger partial charge on any atom is 0.274 e. The van der Waals surface area contributed by atoms with Gasteiger partial charge in [-0.05, 0) is 30.7 Å². The SMILES string of the molecule is Cc1cccnc1CN1CCN(C(=O)Cn2[nH]c3ccccc3c2=O)CC1. The van der Waals surface area contributed by atoms with Gasteiger partial charge in [0.15, 0.2) is 0 Å². The number of rotatable bonds is 4. The molecule has 0 unspecified atom stereocenters. The predicted molar refractivity (Wildman–Crippen MR) is 103 cm³/mol. The normalized spacial score (nSPS) is 15.4. The molecule has 7 heteroatoms. The van der Waals surface area contributed by atoms with Gasteiger partial charge in [0.2, 0.25) is 5.91 Å². The van der Waals surface area contributed by atoms with E-state index in [0.717, 1.165) is 30.8 Å². The van der Waals surface area contributed by atoms with E-state index in [9.17, 15) is 9.59 Å². The van der Waals surface area contributed by atoms with Gasteiger partial charge in [0.05, 0.1) is 16.6 Å². The van der Waals surface area contributed by atoms with Crippen molar-refractivity contribution in [2.75, 3.05) is 26.2 Å². The minimum absolute atomic E-state index is 0.0303. The molecule has 1 saturated heterocycles. The van der Waals surface area contributed by atoms with Crippen molar-refractivity contribution in [3.8, 4) is 0 Å². The van der Waals surface area contributed by atoms with Crippen molar-refractivity contribution >= 4 is 16.8 Å². The molecule has 1 aliphatic heterocycles. The number of nitrogens with one attached hydrogen (secondary N) is 1. The van der Waals surface area contributed by atoms with Gasteiger partial charge in [-0.25, -0.2) is 4.68 Å². The van der Waals surface area contributed by atoms with Crippen molar-refractivity contribution in [1.29, 1.82) is 0 Å². The first-order chi connectivity index (χ1) is 13.1. The summed E-state index contributed by atoms with van der Waals surface area (Å²) in [5, 5.41) is 3.63. The summed E-state index contributed by atoms with van der Waals surface area (Å²) in [5.41, 5.74) is 2.88. The number of hydrogen-bond acceptors (Lipinski definition) is 4. The average molecular weight is 365 g/mol. The Morgan fingerprint density at radius 3 is 2.63 bits per heavy atom. The molecule has 1 aliphatic rings. The van der Waals surface area contributed by atoms with Gasteiger partial charge in [0.25, 0.3) is 5.56 Å². The maximum atomic E-state index is 12.6. The monoisotopic (exact) mass is 365 g/mol. The zero-order valence-electron chi connectivity index (χ0n) is 15.4. The first kappa shape index (κ1) is 17.5. The van der Waals surface area contributed by atoms with Crippen LogP contribution in [0, 0.1) is 6.92 Å². The summed E-state index contributed by atoms with van der Waals surface area (Å²) in [7, 11) is 0. The van der Waals surface area contributed by atoms with E-state index in [-0.39, 0.29) is 18.0 Å². The molecule has 0 saturated carbocycles. The maximum absolute atomic E-state index is 12.6. The minimum Gasteiger partial charge on any atom is -0.339 e. The van der Waals surface area contributed by atoms with Crippen molar-refractivity contribution in [3.63, 3.8) is 0 Å². The van der Waals surface area contributed by atoms with Crippen LogP contribution < -0.4 is 5.56 Å². The Morgan fingerprint density at radius 2 is 1.89 bits per heavy atom. The topological polar surface area (TPSA) is 74.2 Å². The van der Waals surface area contributed by atoms with E-state index < -0.39 is 0 Å². The average Bonchev–Trinajstić information content (AvgIpc) is 3.00. The quantitative estimate of drug-likeness (QED) is 0.758. The van der Waals surface area contributed by atoms with Crippen LogP contribution in [0.3, 0.4) is 0 Å². The van der Waals surface area contributed by atoms with E-state index in [2.05, 4.69) is 28.0 Å². The fourth-order valence-corrected chi connectivity index (χ4v) is 3.51. The molecule has 0 spiro atoms. The van der Waals surface area contributed by atoms with Crippen LogP contribution in [0.1, 0.15) is 11.3 Å². The Kier molecular flexibility index (Phi) is 4.77. The van der Waals surface area contributed by atoms with E-state index >= 15 is 0 Å². The lowest BCUT2D eigenvalue weighted by Crippen LogP contribution is -2.49. The van der Waals surface area contributed by atoms with Crippen LogP contribution in [-0.2, 0) is 17.9 Å². The van der Waals surface area contributed by atoms with Crippen molar-refractivity contribution in [2.45, 2.75) is 20.0 Å². The number of piperazine rings is 1. The fraction of sp³-hybridized carbons (Fsp3) is 0.350. The van der Waals surface area contributed by atoms with E-state index in [4.69, 9.17) is 0 Å². The first-order valence-corrected chi connectivity index (χ1v) is 9.20. The summed E-state index contributed by atoms with van der Waals surface area (Å²) in [6.07, 6.45) is 1.82. The minimum atomic E-state index is -0.150. The third-order valence-corrected chi connectivity index (χ3v) is 5.17. The lowest BCUT2D eigenvalue weighted by Gasteiger charge is -2.34. The molecular formula is C20H23N5O2. The second-order valence-electron chi connectivity index (χ2n) is 6.97. The molecule has 0 bridgehead atoms. The molecule has 2 aromatic heterocycles. The molecule has 1 amide bonds. The molecule has 3 aromatic rings.